The minimum Gasteiger partial charge on any atom is -0.401 e. The van der Waals surface area contributed by atoms with Crippen molar-refractivity contribution in [2.24, 2.45) is 0 Å². The minimum absolute atomic E-state index is 0.00576. The van der Waals surface area contributed by atoms with Gasteiger partial charge in [-0.1, -0.05) is 0 Å². The summed E-state index contributed by atoms with van der Waals surface area (Å²) in [4.78, 5) is 0. The van der Waals surface area contributed by atoms with Crippen molar-refractivity contribution in [3.8, 4) is 0 Å². The van der Waals surface area contributed by atoms with Crippen LogP contribution in [-0.4, -0.2) is 7.11 Å². The van der Waals surface area contributed by atoms with Gasteiger partial charge in [0.25, 0.3) is 0 Å². The molecular formula is C5H7F2O4P. The molecule has 0 N–H and O–H groups in total. The minimum atomic E-state index is -3.89. The molecule has 0 aromatic rings. The molecule has 0 aromatic carbocycles. The van der Waals surface area contributed by atoms with Gasteiger partial charge in [0.05, 0.1) is 0 Å². The maximum absolute atomic E-state index is 11.4. The van der Waals surface area contributed by atoms with Gasteiger partial charge in [-0.05, 0) is 0 Å². The van der Waals surface area contributed by atoms with Crippen LogP contribution in [0.15, 0.2) is 25.2 Å². The molecule has 0 aliphatic rings. The summed E-state index contributed by atoms with van der Waals surface area (Å²) in [5, 5.41) is 0. The van der Waals surface area contributed by atoms with Gasteiger partial charge >= 0.3 is 7.82 Å². The molecule has 0 saturated heterocycles. The summed E-state index contributed by atoms with van der Waals surface area (Å²) in [5.41, 5.74) is 0. The Labute approximate surface area is 68.0 Å². The van der Waals surface area contributed by atoms with Crippen LogP contribution in [0.3, 0.4) is 0 Å². The Hall–Kier alpha value is -0.870. The van der Waals surface area contributed by atoms with Crippen LogP contribution >= 0.6 is 7.82 Å². The molecule has 0 saturated carbocycles. The fraction of sp³-hybridized carbons (Fsp3) is 0.200. The Morgan fingerprint density at radius 3 is 1.83 bits per heavy atom. The first kappa shape index (κ1) is 11.1. The molecule has 0 aromatic heterocycles. The summed E-state index contributed by atoms with van der Waals surface area (Å²) < 4.78 is 46.3. The maximum Gasteiger partial charge on any atom is 0.586 e. The number of phosphoric acid groups is 1. The predicted octanol–water partition coefficient (Wildman–Crippen LogP) is 2.66. The van der Waals surface area contributed by atoms with E-state index in [1.54, 1.807) is 0 Å². The molecule has 70 valence electrons. The second-order valence-electron chi connectivity index (χ2n) is 1.36. The largest absolute Gasteiger partial charge is 0.586 e. The van der Waals surface area contributed by atoms with Gasteiger partial charge in [-0.2, -0.15) is 0 Å². The van der Waals surface area contributed by atoms with Crippen LogP contribution in [0, 0.1) is 0 Å². The van der Waals surface area contributed by atoms with Gasteiger partial charge in [0.2, 0.25) is 0 Å². The molecule has 12 heavy (non-hydrogen) atoms. The molecule has 0 radical (unpaired) electrons. The lowest BCUT2D eigenvalue weighted by Gasteiger charge is -2.10. The molecule has 0 aliphatic carbocycles. The topological polar surface area (TPSA) is 44.8 Å². The van der Waals surface area contributed by atoms with Crippen LogP contribution in [0.1, 0.15) is 0 Å². The van der Waals surface area contributed by atoms with Crippen molar-refractivity contribution in [3.63, 3.8) is 0 Å². The van der Waals surface area contributed by atoms with E-state index in [4.69, 9.17) is 0 Å². The monoisotopic (exact) mass is 200 g/mol. The zero-order chi connectivity index (χ0) is 9.45. The van der Waals surface area contributed by atoms with Gasteiger partial charge in [-0.25, -0.2) is 13.3 Å². The third-order valence-corrected chi connectivity index (χ3v) is 1.91. The van der Waals surface area contributed by atoms with E-state index in [9.17, 15) is 13.3 Å². The number of hydrogen-bond donors (Lipinski definition) is 0. The lowest BCUT2D eigenvalue weighted by atomic mass is 11.1. The van der Waals surface area contributed by atoms with E-state index in [-0.39, 0.29) is 12.7 Å². The van der Waals surface area contributed by atoms with Crippen LogP contribution in [0.2, 0.25) is 0 Å². The van der Waals surface area contributed by atoms with Gasteiger partial charge < -0.3 is 9.05 Å². The van der Waals surface area contributed by atoms with Crippen molar-refractivity contribution in [1.82, 2.24) is 0 Å². The first-order valence-electron chi connectivity index (χ1n) is 2.71. The van der Waals surface area contributed by atoms with Crippen LogP contribution in [-0.2, 0) is 18.1 Å². The highest BCUT2D eigenvalue weighted by molar-refractivity contribution is 7.48. The Morgan fingerprint density at radius 1 is 1.17 bits per heavy atom. The SMILES string of the molecule is COP(=O)(OC=CF)OC=CF. The lowest BCUT2D eigenvalue weighted by Crippen LogP contribution is -1.88. The smallest absolute Gasteiger partial charge is 0.401 e. The van der Waals surface area contributed by atoms with E-state index in [2.05, 4.69) is 13.6 Å². The van der Waals surface area contributed by atoms with Gasteiger partial charge in [0.1, 0.15) is 25.2 Å². The van der Waals surface area contributed by atoms with E-state index in [1.165, 1.54) is 0 Å². The molecule has 0 aliphatic heterocycles. The molecule has 0 fully saturated rings. The van der Waals surface area contributed by atoms with Gasteiger partial charge in [0, 0.05) is 7.11 Å². The summed E-state index contributed by atoms with van der Waals surface area (Å²) in [6, 6.07) is 0. The Bertz CT molecular complexity index is 197. The van der Waals surface area contributed by atoms with Gasteiger partial charge in [-0.15, -0.1) is 0 Å². The molecule has 4 nitrogen and oxygen atoms in total. The van der Waals surface area contributed by atoms with Crippen molar-refractivity contribution in [2.45, 2.75) is 0 Å². The summed E-state index contributed by atoms with van der Waals surface area (Å²) in [6.07, 6.45) is 0.926. The Kier molecular flexibility index (Phi) is 5.32. The zero-order valence-corrected chi connectivity index (χ0v) is 7.04. The Balaban J connectivity index is 4.14. The third-order valence-electron chi connectivity index (χ3n) is 0.706. The molecule has 7 heteroatoms. The molecule has 0 rings (SSSR count). The zero-order valence-electron chi connectivity index (χ0n) is 6.15. The second-order valence-corrected chi connectivity index (χ2v) is 3.05. The fourth-order valence-corrected chi connectivity index (χ4v) is 0.918. The highest BCUT2D eigenvalue weighted by Crippen LogP contribution is 2.49. The van der Waals surface area contributed by atoms with E-state index in [0.717, 1.165) is 7.11 Å². The summed E-state index contributed by atoms with van der Waals surface area (Å²) in [5.74, 6) is 0. The van der Waals surface area contributed by atoms with Crippen molar-refractivity contribution in [3.05, 3.63) is 25.2 Å². The van der Waals surface area contributed by atoms with Crippen LogP contribution in [0.4, 0.5) is 8.78 Å². The highest BCUT2D eigenvalue weighted by atomic mass is 31.2. The fourth-order valence-electron chi connectivity index (χ4n) is 0.306. The highest BCUT2D eigenvalue weighted by Gasteiger charge is 2.24. The van der Waals surface area contributed by atoms with Gasteiger partial charge in [0.15, 0.2) is 0 Å². The molecule has 0 bridgehead atoms. The number of phosphoric ester groups is 1. The third kappa shape index (κ3) is 4.10. The molecule has 0 amide bonds. The predicted molar refractivity (Wildman–Crippen MR) is 37.3 cm³/mol. The van der Waals surface area contributed by atoms with E-state index in [1.807, 2.05) is 0 Å². The quantitative estimate of drug-likeness (QED) is 0.505. The van der Waals surface area contributed by atoms with Crippen molar-refractivity contribution in [1.29, 1.82) is 0 Å². The molecule has 0 unspecified atom stereocenters. The van der Waals surface area contributed by atoms with Gasteiger partial charge in [-0.3, -0.25) is 4.52 Å². The average molecular weight is 200 g/mol. The van der Waals surface area contributed by atoms with E-state index in [0.29, 0.717) is 12.5 Å². The number of halogens is 2. The summed E-state index contributed by atoms with van der Waals surface area (Å²) in [7, 11) is -2.87. The maximum atomic E-state index is 11.4. The normalized spacial score (nSPS) is 16.6. The van der Waals surface area contributed by atoms with Crippen LogP contribution in [0.5, 0.6) is 0 Å². The second kappa shape index (κ2) is 5.74. The van der Waals surface area contributed by atoms with Crippen molar-refractivity contribution in [2.75, 3.05) is 7.11 Å². The first-order chi connectivity index (χ1) is 5.68. The Morgan fingerprint density at radius 2 is 1.58 bits per heavy atom. The standard InChI is InChI=1S/C5H7F2O4P/c1-9-12(8,10-4-2-6)11-5-3-7/h2-5H,1H3. The van der Waals surface area contributed by atoms with Crippen LogP contribution < -0.4 is 0 Å². The average Bonchev–Trinajstić information content (AvgIpc) is 2.11. The van der Waals surface area contributed by atoms with E-state index < -0.39 is 7.82 Å². The molecular weight excluding hydrogens is 193 g/mol. The summed E-state index contributed by atoms with van der Waals surface area (Å²) in [6.45, 7) is 0. The summed E-state index contributed by atoms with van der Waals surface area (Å²) >= 11 is 0. The van der Waals surface area contributed by atoms with Crippen molar-refractivity contribution < 1.29 is 26.9 Å². The van der Waals surface area contributed by atoms with Crippen LogP contribution in [0.25, 0.3) is 0 Å². The molecule has 0 atom stereocenters. The first-order valence-corrected chi connectivity index (χ1v) is 4.17. The lowest BCUT2D eigenvalue weighted by molar-refractivity contribution is 0.208. The van der Waals surface area contributed by atoms with E-state index >= 15 is 0 Å². The number of rotatable bonds is 5. The molecule has 0 heterocycles. The number of hydrogen-bond acceptors (Lipinski definition) is 4. The molecule has 0 spiro atoms. The van der Waals surface area contributed by atoms with Crippen molar-refractivity contribution >= 4 is 7.82 Å².